The second-order valence-corrected chi connectivity index (χ2v) is 5.21. The van der Waals surface area contributed by atoms with Crippen LogP contribution in [0.1, 0.15) is 39.5 Å². The Balaban J connectivity index is 2.19. The van der Waals surface area contributed by atoms with Crippen LogP contribution in [0.5, 0.6) is 0 Å². The van der Waals surface area contributed by atoms with E-state index in [-0.39, 0.29) is 0 Å². The first kappa shape index (κ1) is 10.5. The molecule has 0 aliphatic heterocycles. The lowest BCUT2D eigenvalue weighted by Gasteiger charge is -2.36. The predicted molar refractivity (Wildman–Crippen MR) is 65.6 cm³/mol. The second-order valence-electron chi connectivity index (χ2n) is 5.21. The van der Waals surface area contributed by atoms with Crippen LogP contribution >= 0.6 is 0 Å². The highest BCUT2D eigenvalue weighted by Gasteiger charge is 2.31. The number of hydrogen-bond donors (Lipinski definition) is 0. The smallest absolute Gasteiger partial charge is 0.000122 e. The van der Waals surface area contributed by atoms with Crippen molar-refractivity contribution in [3.63, 3.8) is 0 Å². The minimum Gasteiger partial charge on any atom is -0.117 e. The number of hydrogen-bond acceptors (Lipinski definition) is 0. The van der Waals surface area contributed by atoms with Gasteiger partial charge in [0.2, 0.25) is 0 Å². The van der Waals surface area contributed by atoms with E-state index in [1.807, 2.05) is 6.08 Å². The Hall–Kier alpha value is -1.00. The zero-order valence-electron chi connectivity index (χ0n) is 9.79. The van der Waals surface area contributed by atoms with E-state index in [0.29, 0.717) is 5.41 Å². The molecule has 80 valence electrons. The highest BCUT2D eigenvalue weighted by molar-refractivity contribution is 5.32. The van der Waals surface area contributed by atoms with Crippen molar-refractivity contribution in [3.8, 4) is 0 Å². The van der Waals surface area contributed by atoms with Crippen LogP contribution in [0, 0.1) is 11.3 Å². The van der Waals surface area contributed by atoms with Gasteiger partial charge in [-0.3, -0.25) is 0 Å². The second kappa shape index (κ2) is 4.24. The third-order valence-electron chi connectivity index (χ3n) is 3.85. The molecule has 2 aliphatic rings. The van der Waals surface area contributed by atoms with Gasteiger partial charge in [0.1, 0.15) is 0 Å². The van der Waals surface area contributed by atoms with Crippen LogP contribution in [-0.2, 0) is 0 Å². The number of rotatable bonds is 1. The fourth-order valence-corrected chi connectivity index (χ4v) is 2.50. The maximum Gasteiger partial charge on any atom is -0.000122 e. The molecular weight excluding hydrogens is 180 g/mol. The van der Waals surface area contributed by atoms with E-state index in [2.05, 4.69) is 43.9 Å². The van der Waals surface area contributed by atoms with Gasteiger partial charge in [-0.2, -0.15) is 0 Å². The summed E-state index contributed by atoms with van der Waals surface area (Å²) in [5.74, 6) is 0.913. The summed E-state index contributed by atoms with van der Waals surface area (Å²) in [6.07, 6.45) is 15.9. The van der Waals surface area contributed by atoms with E-state index < -0.39 is 0 Å². The maximum absolute atomic E-state index is 3.42. The summed E-state index contributed by atoms with van der Waals surface area (Å²) in [5.41, 5.74) is 5.18. The van der Waals surface area contributed by atoms with Crippen LogP contribution < -0.4 is 0 Å². The molecule has 0 aromatic heterocycles. The van der Waals surface area contributed by atoms with Crippen LogP contribution in [0.3, 0.4) is 0 Å². The average Bonchev–Trinajstić information content (AvgIpc) is 2.51. The Kier molecular flexibility index (Phi) is 2.98. The lowest BCUT2D eigenvalue weighted by Crippen LogP contribution is -2.24. The van der Waals surface area contributed by atoms with Gasteiger partial charge in [0.25, 0.3) is 0 Å². The van der Waals surface area contributed by atoms with Crippen molar-refractivity contribution in [1.82, 2.24) is 0 Å². The quantitative estimate of drug-likeness (QED) is 0.550. The van der Waals surface area contributed by atoms with Crippen LogP contribution in [0.4, 0.5) is 0 Å². The van der Waals surface area contributed by atoms with Crippen molar-refractivity contribution in [2.45, 2.75) is 39.5 Å². The molecule has 0 bridgehead atoms. The molecule has 0 radical (unpaired) electrons. The predicted octanol–water partition coefficient (Wildman–Crippen LogP) is 4.41. The minimum atomic E-state index is 0.367. The standard InChI is InChI=1S/C15H20/c1-13-9-11-15(2,12-10-13)14-7-5-3-4-6-8-14/h3-7,13H,9-12H2,1-2H3. The van der Waals surface area contributed by atoms with E-state index in [0.717, 1.165) is 5.92 Å². The van der Waals surface area contributed by atoms with E-state index in [9.17, 15) is 0 Å². The summed E-state index contributed by atoms with van der Waals surface area (Å²) in [4.78, 5) is 0. The van der Waals surface area contributed by atoms with Gasteiger partial charge >= 0.3 is 0 Å². The Morgan fingerprint density at radius 1 is 1.20 bits per heavy atom. The SMILES string of the molecule is CC1CCC(C)(C2=C=CC=CC=C2)CC1. The molecule has 0 saturated heterocycles. The van der Waals surface area contributed by atoms with Crippen molar-refractivity contribution in [3.05, 3.63) is 41.7 Å². The van der Waals surface area contributed by atoms with E-state index >= 15 is 0 Å². The molecule has 1 fully saturated rings. The van der Waals surface area contributed by atoms with Crippen molar-refractivity contribution >= 4 is 0 Å². The first-order valence-electron chi connectivity index (χ1n) is 6.01. The lowest BCUT2D eigenvalue weighted by molar-refractivity contribution is 0.224. The molecule has 0 aromatic carbocycles. The third kappa shape index (κ3) is 2.33. The molecule has 0 heteroatoms. The molecule has 0 N–H and O–H groups in total. The Morgan fingerprint density at radius 3 is 2.67 bits per heavy atom. The molecule has 0 unspecified atom stereocenters. The zero-order chi connectivity index (χ0) is 10.7. The average molecular weight is 200 g/mol. The fraction of sp³-hybridized carbons (Fsp3) is 0.533. The van der Waals surface area contributed by atoms with E-state index in [1.54, 1.807) is 0 Å². The molecule has 1 saturated carbocycles. The molecule has 15 heavy (non-hydrogen) atoms. The summed E-state index contributed by atoms with van der Waals surface area (Å²) in [6, 6.07) is 0. The molecule has 0 heterocycles. The molecule has 2 aliphatic carbocycles. The molecule has 0 spiro atoms. The highest BCUT2D eigenvalue weighted by atomic mass is 14.4. The molecule has 0 atom stereocenters. The monoisotopic (exact) mass is 200 g/mol. The largest absolute Gasteiger partial charge is 0.117 e. The highest BCUT2D eigenvalue weighted by Crippen LogP contribution is 2.44. The first-order chi connectivity index (χ1) is 7.21. The van der Waals surface area contributed by atoms with Gasteiger partial charge in [0.05, 0.1) is 0 Å². The zero-order valence-corrected chi connectivity index (χ0v) is 9.79. The van der Waals surface area contributed by atoms with Gasteiger partial charge in [-0.25, -0.2) is 0 Å². The molecule has 0 amide bonds. The molecule has 0 aromatic rings. The van der Waals surface area contributed by atoms with Crippen molar-refractivity contribution in [2.75, 3.05) is 0 Å². The topological polar surface area (TPSA) is 0 Å². The Bertz CT molecular complexity index is 340. The van der Waals surface area contributed by atoms with Crippen molar-refractivity contribution in [2.24, 2.45) is 11.3 Å². The summed E-state index contributed by atoms with van der Waals surface area (Å²) < 4.78 is 0. The number of allylic oxidation sites excluding steroid dienone is 5. The normalized spacial score (nSPS) is 35.1. The first-order valence-corrected chi connectivity index (χ1v) is 6.01. The molecule has 2 rings (SSSR count). The van der Waals surface area contributed by atoms with E-state index in [1.165, 1.54) is 31.3 Å². The van der Waals surface area contributed by atoms with Crippen molar-refractivity contribution in [1.29, 1.82) is 0 Å². The van der Waals surface area contributed by atoms with Gasteiger partial charge in [0, 0.05) is 0 Å². The van der Waals surface area contributed by atoms with Crippen LogP contribution in [0.15, 0.2) is 41.7 Å². The van der Waals surface area contributed by atoms with Gasteiger partial charge < -0.3 is 0 Å². The van der Waals surface area contributed by atoms with Gasteiger partial charge in [-0.05, 0) is 48.7 Å². The van der Waals surface area contributed by atoms with Crippen LogP contribution in [-0.4, -0.2) is 0 Å². The van der Waals surface area contributed by atoms with Gasteiger partial charge in [-0.1, -0.05) is 38.2 Å². The van der Waals surface area contributed by atoms with Gasteiger partial charge in [-0.15, -0.1) is 5.73 Å². The Morgan fingerprint density at radius 2 is 1.93 bits per heavy atom. The maximum atomic E-state index is 3.42. The fourth-order valence-electron chi connectivity index (χ4n) is 2.50. The van der Waals surface area contributed by atoms with Gasteiger partial charge in [0.15, 0.2) is 0 Å². The molecular formula is C15H20. The van der Waals surface area contributed by atoms with Crippen molar-refractivity contribution < 1.29 is 0 Å². The summed E-state index contributed by atoms with van der Waals surface area (Å²) in [6.45, 7) is 4.76. The van der Waals surface area contributed by atoms with Crippen LogP contribution in [0.2, 0.25) is 0 Å². The summed E-state index contributed by atoms with van der Waals surface area (Å²) in [5, 5.41) is 0. The minimum absolute atomic E-state index is 0.367. The third-order valence-corrected chi connectivity index (χ3v) is 3.85. The lowest BCUT2D eigenvalue weighted by atomic mass is 9.68. The Labute approximate surface area is 93.1 Å². The van der Waals surface area contributed by atoms with Crippen LogP contribution in [0.25, 0.3) is 0 Å². The summed E-state index contributed by atoms with van der Waals surface area (Å²) in [7, 11) is 0. The van der Waals surface area contributed by atoms with E-state index in [4.69, 9.17) is 0 Å². The molecule has 0 nitrogen and oxygen atoms in total. The summed E-state index contributed by atoms with van der Waals surface area (Å²) >= 11 is 0.